The first kappa shape index (κ1) is 21.5. The van der Waals surface area contributed by atoms with Crippen LogP contribution in [0.1, 0.15) is 35.1 Å². The van der Waals surface area contributed by atoms with E-state index in [1.807, 2.05) is 0 Å². The van der Waals surface area contributed by atoms with Crippen LogP contribution in [0, 0.1) is 0 Å². The number of nitrogens with two attached hydrogens (primary N) is 1. The summed E-state index contributed by atoms with van der Waals surface area (Å²) in [5, 5.41) is 7.84. The SMILES string of the molecule is CC(NC(=O)c1ccc(Br)s1)C(=O)N(C)C(C)c1cccc(S(N)(=O)=O)c1. The van der Waals surface area contributed by atoms with Crippen LogP contribution in [0.2, 0.25) is 0 Å². The molecule has 1 heterocycles. The molecular formula is C17H20BrN3O4S2. The molecule has 1 aromatic carbocycles. The summed E-state index contributed by atoms with van der Waals surface area (Å²) >= 11 is 4.57. The highest BCUT2D eigenvalue weighted by molar-refractivity contribution is 9.11. The van der Waals surface area contributed by atoms with Gasteiger partial charge in [0.2, 0.25) is 15.9 Å². The summed E-state index contributed by atoms with van der Waals surface area (Å²) in [5.41, 5.74) is 0.623. The number of sulfonamides is 1. The summed E-state index contributed by atoms with van der Waals surface area (Å²) in [7, 11) is -2.23. The van der Waals surface area contributed by atoms with Crippen LogP contribution in [0.4, 0.5) is 0 Å². The number of rotatable bonds is 6. The largest absolute Gasteiger partial charge is 0.340 e. The molecular weight excluding hydrogens is 454 g/mol. The molecule has 0 aliphatic heterocycles. The molecule has 1 aromatic heterocycles. The zero-order valence-corrected chi connectivity index (χ0v) is 18.2. The van der Waals surface area contributed by atoms with Gasteiger partial charge >= 0.3 is 0 Å². The van der Waals surface area contributed by atoms with E-state index < -0.39 is 22.1 Å². The van der Waals surface area contributed by atoms with Gasteiger partial charge in [0.1, 0.15) is 6.04 Å². The van der Waals surface area contributed by atoms with Crippen LogP contribution >= 0.6 is 27.3 Å². The fourth-order valence-electron chi connectivity index (χ4n) is 2.44. The van der Waals surface area contributed by atoms with Crippen molar-refractivity contribution in [2.24, 2.45) is 5.14 Å². The van der Waals surface area contributed by atoms with E-state index in [1.54, 1.807) is 45.2 Å². The van der Waals surface area contributed by atoms with Crippen LogP contribution in [-0.4, -0.2) is 38.2 Å². The Morgan fingerprint density at radius 2 is 1.89 bits per heavy atom. The average molecular weight is 474 g/mol. The maximum atomic E-state index is 12.7. The van der Waals surface area contributed by atoms with Gasteiger partial charge in [-0.2, -0.15) is 0 Å². The molecule has 0 fully saturated rings. The number of nitrogens with one attached hydrogen (secondary N) is 1. The monoisotopic (exact) mass is 473 g/mol. The molecule has 7 nitrogen and oxygen atoms in total. The highest BCUT2D eigenvalue weighted by atomic mass is 79.9. The van der Waals surface area contributed by atoms with Crippen LogP contribution in [-0.2, 0) is 14.8 Å². The molecule has 0 radical (unpaired) electrons. The van der Waals surface area contributed by atoms with Crippen LogP contribution in [0.25, 0.3) is 0 Å². The van der Waals surface area contributed by atoms with E-state index in [0.29, 0.717) is 10.4 Å². The Bertz CT molecular complexity index is 959. The van der Waals surface area contributed by atoms with Gasteiger partial charge in [-0.3, -0.25) is 9.59 Å². The van der Waals surface area contributed by atoms with Crippen molar-refractivity contribution < 1.29 is 18.0 Å². The van der Waals surface area contributed by atoms with Gasteiger partial charge in [0.15, 0.2) is 0 Å². The minimum atomic E-state index is -3.83. The van der Waals surface area contributed by atoms with Crippen molar-refractivity contribution in [1.82, 2.24) is 10.2 Å². The lowest BCUT2D eigenvalue weighted by Gasteiger charge is -2.28. The topological polar surface area (TPSA) is 110 Å². The molecule has 2 aromatic rings. The molecule has 2 amide bonds. The fraction of sp³-hybridized carbons (Fsp3) is 0.294. The molecule has 0 spiro atoms. The fourth-order valence-corrected chi connectivity index (χ4v) is 4.29. The minimum Gasteiger partial charge on any atom is -0.340 e. The molecule has 2 atom stereocenters. The number of halogens is 1. The van der Waals surface area contributed by atoms with E-state index in [9.17, 15) is 18.0 Å². The summed E-state index contributed by atoms with van der Waals surface area (Å²) < 4.78 is 23.9. The number of carbonyl (C=O) groups is 2. The molecule has 27 heavy (non-hydrogen) atoms. The third-order valence-electron chi connectivity index (χ3n) is 4.11. The summed E-state index contributed by atoms with van der Waals surface area (Å²) in [5.74, 6) is -0.628. The van der Waals surface area contributed by atoms with Crippen molar-refractivity contribution in [3.63, 3.8) is 0 Å². The van der Waals surface area contributed by atoms with Crippen molar-refractivity contribution in [2.75, 3.05) is 7.05 Å². The van der Waals surface area contributed by atoms with E-state index in [2.05, 4.69) is 21.2 Å². The molecule has 146 valence electrons. The number of hydrogen-bond donors (Lipinski definition) is 2. The molecule has 10 heteroatoms. The normalized spacial score (nSPS) is 13.7. The summed E-state index contributed by atoms with van der Waals surface area (Å²) in [6.45, 7) is 3.37. The van der Waals surface area contributed by atoms with E-state index in [0.717, 1.165) is 3.79 Å². The maximum Gasteiger partial charge on any atom is 0.262 e. The molecule has 0 bridgehead atoms. The lowest BCUT2D eigenvalue weighted by Crippen LogP contribution is -2.46. The number of carbonyl (C=O) groups excluding carboxylic acids is 2. The van der Waals surface area contributed by atoms with Crippen LogP contribution in [0.5, 0.6) is 0 Å². The Kier molecular flexibility index (Phi) is 6.79. The molecule has 3 N–H and O–H groups in total. The molecule has 0 saturated carbocycles. The number of thiophene rings is 1. The second-order valence-corrected chi connectivity index (χ2v) is 10.1. The highest BCUT2D eigenvalue weighted by Gasteiger charge is 2.25. The second-order valence-electron chi connectivity index (χ2n) is 6.04. The van der Waals surface area contributed by atoms with E-state index in [4.69, 9.17) is 5.14 Å². The Morgan fingerprint density at radius 1 is 1.22 bits per heavy atom. The zero-order chi connectivity index (χ0) is 20.4. The number of likely N-dealkylation sites (N-methyl/N-ethyl adjacent to an activating group) is 1. The number of benzene rings is 1. The number of hydrogen-bond acceptors (Lipinski definition) is 5. The Hall–Kier alpha value is -1.75. The molecule has 2 unspecified atom stereocenters. The van der Waals surface area contributed by atoms with Crippen molar-refractivity contribution in [1.29, 1.82) is 0 Å². The number of amides is 2. The van der Waals surface area contributed by atoms with Gasteiger partial charge in [0.25, 0.3) is 5.91 Å². The standard InChI is InChI=1S/C17H20BrN3O4S2/c1-10(20-16(22)14-7-8-15(18)26-14)17(23)21(3)11(2)12-5-4-6-13(9-12)27(19,24)25/h4-11H,1-3H3,(H,20,22)(H2,19,24,25). The summed E-state index contributed by atoms with van der Waals surface area (Å²) in [6.07, 6.45) is 0. The summed E-state index contributed by atoms with van der Waals surface area (Å²) in [4.78, 5) is 26.8. The van der Waals surface area contributed by atoms with Gasteiger partial charge in [-0.15, -0.1) is 11.3 Å². The molecule has 0 saturated heterocycles. The molecule has 0 aliphatic carbocycles. The Labute approximate surface area is 170 Å². The van der Waals surface area contributed by atoms with Crippen molar-refractivity contribution in [3.8, 4) is 0 Å². The third-order valence-corrected chi connectivity index (χ3v) is 6.65. The smallest absolute Gasteiger partial charge is 0.262 e. The molecule has 0 aliphatic rings. The van der Waals surface area contributed by atoms with Crippen LogP contribution in [0.3, 0.4) is 0 Å². The predicted molar refractivity (Wildman–Crippen MR) is 108 cm³/mol. The predicted octanol–water partition coefficient (Wildman–Crippen LogP) is 2.50. The summed E-state index contributed by atoms with van der Waals surface area (Å²) in [6, 6.07) is 8.41. The second kappa shape index (κ2) is 8.51. The van der Waals surface area contributed by atoms with Crippen LogP contribution in [0.15, 0.2) is 45.1 Å². The van der Waals surface area contributed by atoms with E-state index in [1.165, 1.54) is 28.4 Å². The molecule has 2 rings (SSSR count). The first-order valence-corrected chi connectivity index (χ1v) is 11.1. The zero-order valence-electron chi connectivity index (χ0n) is 15.0. The maximum absolute atomic E-state index is 12.7. The Morgan fingerprint density at radius 3 is 2.44 bits per heavy atom. The average Bonchev–Trinajstić information content (AvgIpc) is 3.05. The van der Waals surface area contributed by atoms with Crippen molar-refractivity contribution >= 4 is 49.1 Å². The lowest BCUT2D eigenvalue weighted by atomic mass is 10.1. The van der Waals surface area contributed by atoms with Crippen molar-refractivity contribution in [3.05, 3.63) is 50.6 Å². The number of nitrogens with zero attached hydrogens (tertiary/aromatic N) is 1. The van der Waals surface area contributed by atoms with E-state index in [-0.39, 0.29) is 16.7 Å². The van der Waals surface area contributed by atoms with Gasteiger partial charge in [0, 0.05) is 7.05 Å². The minimum absolute atomic E-state index is 0.0164. The lowest BCUT2D eigenvalue weighted by molar-refractivity contribution is -0.133. The quantitative estimate of drug-likeness (QED) is 0.671. The third kappa shape index (κ3) is 5.38. The van der Waals surface area contributed by atoms with Gasteiger partial charge < -0.3 is 10.2 Å². The van der Waals surface area contributed by atoms with Crippen molar-refractivity contribution in [2.45, 2.75) is 30.8 Å². The first-order valence-electron chi connectivity index (χ1n) is 7.96. The van der Waals surface area contributed by atoms with Gasteiger partial charge in [-0.25, -0.2) is 13.6 Å². The number of primary sulfonamides is 1. The van der Waals surface area contributed by atoms with Crippen LogP contribution < -0.4 is 10.5 Å². The first-order chi connectivity index (χ1) is 12.5. The van der Waals surface area contributed by atoms with Gasteiger partial charge in [-0.05, 0) is 59.6 Å². The Balaban J connectivity index is 2.10. The van der Waals surface area contributed by atoms with E-state index >= 15 is 0 Å². The highest BCUT2D eigenvalue weighted by Crippen LogP contribution is 2.23. The van der Waals surface area contributed by atoms with Gasteiger partial charge in [-0.1, -0.05) is 12.1 Å². The van der Waals surface area contributed by atoms with Gasteiger partial charge in [0.05, 0.1) is 19.6 Å².